The highest BCUT2D eigenvalue weighted by Gasteiger charge is 2.06. The summed E-state index contributed by atoms with van der Waals surface area (Å²) in [6.45, 7) is 5.22. The molecule has 0 amide bonds. The SMILES string of the molecule is CCc1ccc(CNC(C)c2cscn2)cc1. The van der Waals surface area contributed by atoms with Crippen molar-refractivity contribution in [2.24, 2.45) is 0 Å². The van der Waals surface area contributed by atoms with E-state index in [0.29, 0.717) is 6.04 Å². The van der Waals surface area contributed by atoms with Crippen LogP contribution in [0, 0.1) is 0 Å². The van der Waals surface area contributed by atoms with Crippen molar-refractivity contribution in [2.45, 2.75) is 32.9 Å². The quantitative estimate of drug-likeness (QED) is 0.872. The van der Waals surface area contributed by atoms with Crippen molar-refractivity contribution in [3.05, 3.63) is 52.0 Å². The second kappa shape index (κ2) is 5.94. The predicted octanol–water partition coefficient (Wildman–Crippen LogP) is 3.56. The molecule has 0 aliphatic rings. The van der Waals surface area contributed by atoms with Crippen LogP contribution in [-0.4, -0.2) is 4.98 Å². The normalized spacial score (nSPS) is 12.6. The van der Waals surface area contributed by atoms with E-state index in [0.717, 1.165) is 18.7 Å². The van der Waals surface area contributed by atoms with Gasteiger partial charge in [-0.3, -0.25) is 0 Å². The third-order valence-corrected chi connectivity index (χ3v) is 3.54. The minimum atomic E-state index is 0.312. The van der Waals surface area contributed by atoms with E-state index in [9.17, 15) is 0 Å². The summed E-state index contributed by atoms with van der Waals surface area (Å²) in [6, 6.07) is 9.10. The van der Waals surface area contributed by atoms with Gasteiger partial charge in [0.2, 0.25) is 0 Å². The van der Waals surface area contributed by atoms with Crippen LogP contribution in [0.4, 0.5) is 0 Å². The number of benzene rings is 1. The fraction of sp³-hybridized carbons (Fsp3) is 0.357. The van der Waals surface area contributed by atoms with Crippen molar-refractivity contribution in [3.8, 4) is 0 Å². The van der Waals surface area contributed by atoms with Gasteiger partial charge < -0.3 is 5.32 Å². The maximum absolute atomic E-state index is 4.31. The van der Waals surface area contributed by atoms with Crippen molar-refractivity contribution < 1.29 is 0 Å². The summed E-state index contributed by atoms with van der Waals surface area (Å²) >= 11 is 1.64. The molecule has 0 fully saturated rings. The molecule has 3 heteroatoms. The first-order valence-corrected chi connectivity index (χ1v) is 6.93. The van der Waals surface area contributed by atoms with E-state index in [-0.39, 0.29) is 0 Å². The van der Waals surface area contributed by atoms with Gasteiger partial charge in [0, 0.05) is 18.0 Å². The standard InChI is InChI=1S/C14H18N2S/c1-3-12-4-6-13(7-5-12)8-15-11(2)14-9-17-10-16-14/h4-7,9-11,15H,3,8H2,1-2H3. The van der Waals surface area contributed by atoms with Crippen molar-refractivity contribution in [1.29, 1.82) is 0 Å². The number of nitrogens with one attached hydrogen (secondary N) is 1. The molecule has 0 radical (unpaired) electrons. The number of hydrogen-bond donors (Lipinski definition) is 1. The van der Waals surface area contributed by atoms with E-state index in [1.165, 1.54) is 11.1 Å². The van der Waals surface area contributed by atoms with Crippen LogP contribution < -0.4 is 5.32 Å². The van der Waals surface area contributed by atoms with Gasteiger partial charge in [-0.15, -0.1) is 11.3 Å². The molecule has 0 bridgehead atoms. The lowest BCUT2D eigenvalue weighted by atomic mass is 10.1. The number of aryl methyl sites for hydroxylation is 1. The summed E-state index contributed by atoms with van der Waals surface area (Å²) < 4.78 is 0. The Bertz CT molecular complexity index is 434. The van der Waals surface area contributed by atoms with Gasteiger partial charge in [0.15, 0.2) is 0 Å². The number of nitrogens with zero attached hydrogens (tertiary/aromatic N) is 1. The molecule has 1 aromatic carbocycles. The Kier molecular flexibility index (Phi) is 4.29. The van der Waals surface area contributed by atoms with Crippen LogP contribution in [0.5, 0.6) is 0 Å². The smallest absolute Gasteiger partial charge is 0.0795 e. The van der Waals surface area contributed by atoms with Gasteiger partial charge in [-0.2, -0.15) is 0 Å². The average Bonchev–Trinajstić information content (AvgIpc) is 2.90. The summed E-state index contributed by atoms with van der Waals surface area (Å²) in [7, 11) is 0. The largest absolute Gasteiger partial charge is 0.305 e. The first kappa shape index (κ1) is 12.3. The third-order valence-electron chi connectivity index (χ3n) is 2.94. The maximum atomic E-state index is 4.31. The lowest BCUT2D eigenvalue weighted by Gasteiger charge is -2.11. The zero-order valence-electron chi connectivity index (χ0n) is 10.3. The molecule has 1 unspecified atom stereocenters. The molecule has 0 aliphatic heterocycles. The van der Waals surface area contributed by atoms with E-state index < -0.39 is 0 Å². The van der Waals surface area contributed by atoms with Gasteiger partial charge in [-0.25, -0.2) is 4.98 Å². The van der Waals surface area contributed by atoms with E-state index in [4.69, 9.17) is 0 Å². The first-order chi connectivity index (χ1) is 8.29. The Morgan fingerprint density at radius 3 is 2.53 bits per heavy atom. The molecule has 1 heterocycles. The molecular formula is C14H18N2S. The topological polar surface area (TPSA) is 24.9 Å². The van der Waals surface area contributed by atoms with Crippen molar-refractivity contribution in [3.63, 3.8) is 0 Å². The van der Waals surface area contributed by atoms with E-state index in [1.807, 2.05) is 5.51 Å². The zero-order valence-corrected chi connectivity index (χ0v) is 11.1. The lowest BCUT2D eigenvalue weighted by Crippen LogP contribution is -2.18. The highest BCUT2D eigenvalue weighted by molar-refractivity contribution is 7.07. The van der Waals surface area contributed by atoms with Crippen molar-refractivity contribution in [2.75, 3.05) is 0 Å². The molecule has 90 valence electrons. The van der Waals surface area contributed by atoms with Crippen LogP contribution in [-0.2, 0) is 13.0 Å². The molecule has 17 heavy (non-hydrogen) atoms. The highest BCUT2D eigenvalue weighted by atomic mass is 32.1. The molecule has 0 saturated heterocycles. The Morgan fingerprint density at radius 2 is 1.94 bits per heavy atom. The summed E-state index contributed by atoms with van der Waals surface area (Å²) in [4.78, 5) is 4.31. The second-order valence-corrected chi connectivity index (χ2v) is 4.90. The van der Waals surface area contributed by atoms with E-state index >= 15 is 0 Å². The van der Waals surface area contributed by atoms with Gasteiger partial charge in [-0.1, -0.05) is 31.2 Å². The van der Waals surface area contributed by atoms with Crippen molar-refractivity contribution in [1.82, 2.24) is 10.3 Å². The lowest BCUT2D eigenvalue weighted by molar-refractivity contribution is 0.564. The molecule has 1 N–H and O–H groups in total. The molecule has 0 aliphatic carbocycles. The molecule has 2 rings (SSSR count). The number of hydrogen-bond acceptors (Lipinski definition) is 3. The fourth-order valence-corrected chi connectivity index (χ4v) is 2.35. The summed E-state index contributed by atoms with van der Waals surface area (Å²) in [6.07, 6.45) is 1.10. The van der Waals surface area contributed by atoms with E-state index in [1.54, 1.807) is 11.3 Å². The molecule has 1 atom stereocenters. The zero-order chi connectivity index (χ0) is 12.1. The monoisotopic (exact) mass is 246 g/mol. The Hall–Kier alpha value is -1.19. The highest BCUT2D eigenvalue weighted by Crippen LogP contribution is 2.13. The molecule has 0 spiro atoms. The maximum Gasteiger partial charge on any atom is 0.0795 e. The van der Waals surface area contributed by atoms with Crippen LogP contribution in [0.25, 0.3) is 0 Å². The van der Waals surface area contributed by atoms with E-state index in [2.05, 4.69) is 53.8 Å². The van der Waals surface area contributed by atoms with Crippen LogP contribution in [0.15, 0.2) is 35.2 Å². The summed E-state index contributed by atoms with van der Waals surface area (Å²) in [5.41, 5.74) is 5.72. The van der Waals surface area contributed by atoms with Gasteiger partial charge in [0.05, 0.1) is 11.2 Å². The fourth-order valence-electron chi connectivity index (χ4n) is 1.70. The van der Waals surface area contributed by atoms with Gasteiger partial charge in [-0.05, 0) is 24.5 Å². The average molecular weight is 246 g/mol. The Balaban J connectivity index is 1.89. The van der Waals surface area contributed by atoms with Gasteiger partial charge >= 0.3 is 0 Å². The van der Waals surface area contributed by atoms with Crippen LogP contribution in [0.1, 0.15) is 36.7 Å². The minimum Gasteiger partial charge on any atom is -0.305 e. The molecule has 2 nitrogen and oxygen atoms in total. The Labute approximate surface area is 107 Å². The molecule has 2 aromatic rings. The predicted molar refractivity (Wildman–Crippen MR) is 73.2 cm³/mol. The summed E-state index contributed by atoms with van der Waals surface area (Å²) in [5.74, 6) is 0. The molecular weight excluding hydrogens is 228 g/mol. The van der Waals surface area contributed by atoms with Crippen molar-refractivity contribution >= 4 is 11.3 Å². The van der Waals surface area contributed by atoms with Crippen LogP contribution in [0.3, 0.4) is 0 Å². The van der Waals surface area contributed by atoms with Gasteiger partial charge in [0.25, 0.3) is 0 Å². The minimum absolute atomic E-state index is 0.312. The molecule has 0 saturated carbocycles. The van der Waals surface area contributed by atoms with Gasteiger partial charge in [0.1, 0.15) is 0 Å². The second-order valence-electron chi connectivity index (χ2n) is 4.19. The summed E-state index contributed by atoms with van der Waals surface area (Å²) in [5, 5.41) is 5.58. The number of aromatic nitrogens is 1. The first-order valence-electron chi connectivity index (χ1n) is 5.99. The molecule has 1 aromatic heterocycles. The number of thiazole rings is 1. The van der Waals surface area contributed by atoms with Crippen LogP contribution >= 0.6 is 11.3 Å². The Morgan fingerprint density at radius 1 is 1.24 bits per heavy atom. The third kappa shape index (κ3) is 3.38. The number of rotatable bonds is 5. The van der Waals surface area contributed by atoms with Crippen LogP contribution in [0.2, 0.25) is 0 Å².